The smallest absolute Gasteiger partial charge is 0.226 e. The zero-order valence-electron chi connectivity index (χ0n) is 11.6. The van der Waals surface area contributed by atoms with Crippen molar-refractivity contribution >= 4 is 0 Å². The maximum atomic E-state index is 13.8. The minimum atomic E-state index is -0.393. The molecule has 6 heteroatoms. The Morgan fingerprint density at radius 1 is 1.40 bits per heavy atom. The lowest BCUT2D eigenvalue weighted by Crippen LogP contribution is -2.06. The molecule has 0 aliphatic rings. The van der Waals surface area contributed by atoms with Crippen LogP contribution in [0.1, 0.15) is 30.6 Å². The number of hydrogen-bond acceptors (Lipinski definition) is 5. The van der Waals surface area contributed by atoms with Crippen LogP contribution < -0.4 is 10.1 Å². The highest BCUT2D eigenvalue weighted by molar-refractivity contribution is 5.29. The van der Waals surface area contributed by atoms with Gasteiger partial charge in [-0.2, -0.15) is 4.98 Å². The van der Waals surface area contributed by atoms with E-state index in [1.54, 1.807) is 6.07 Å². The monoisotopic (exact) mass is 279 g/mol. The highest BCUT2D eigenvalue weighted by Crippen LogP contribution is 2.19. The summed E-state index contributed by atoms with van der Waals surface area (Å²) in [7, 11) is 1.81. The van der Waals surface area contributed by atoms with E-state index in [2.05, 4.69) is 15.5 Å². The quantitative estimate of drug-likeness (QED) is 0.843. The molecule has 20 heavy (non-hydrogen) atoms. The summed E-state index contributed by atoms with van der Waals surface area (Å²) >= 11 is 0. The molecule has 5 nitrogen and oxygen atoms in total. The van der Waals surface area contributed by atoms with Crippen LogP contribution in [0.25, 0.3) is 0 Å². The van der Waals surface area contributed by atoms with Crippen molar-refractivity contribution in [1.82, 2.24) is 15.5 Å². The molecular formula is C14H18FN3O2. The van der Waals surface area contributed by atoms with E-state index in [-0.39, 0.29) is 12.4 Å². The number of benzene rings is 1. The molecule has 0 saturated heterocycles. The summed E-state index contributed by atoms with van der Waals surface area (Å²) in [6.45, 7) is 2.74. The van der Waals surface area contributed by atoms with E-state index < -0.39 is 5.82 Å². The molecule has 2 rings (SSSR count). The molecule has 1 N–H and O–H groups in total. The molecule has 0 unspecified atom stereocenters. The van der Waals surface area contributed by atoms with Gasteiger partial charge in [0.25, 0.3) is 0 Å². The lowest BCUT2D eigenvalue weighted by Gasteiger charge is -2.06. The predicted molar refractivity (Wildman–Crippen MR) is 71.8 cm³/mol. The van der Waals surface area contributed by atoms with Gasteiger partial charge in [0.05, 0.1) is 0 Å². The van der Waals surface area contributed by atoms with Crippen molar-refractivity contribution in [3.05, 3.63) is 41.3 Å². The van der Waals surface area contributed by atoms with Gasteiger partial charge in [0.2, 0.25) is 11.7 Å². The summed E-state index contributed by atoms with van der Waals surface area (Å²) in [6.07, 6.45) is 1.67. The molecule has 0 aliphatic carbocycles. The molecule has 0 saturated carbocycles. The van der Waals surface area contributed by atoms with Crippen LogP contribution >= 0.6 is 0 Å². The molecule has 1 heterocycles. The summed E-state index contributed by atoms with van der Waals surface area (Å²) in [6, 6.07) is 4.87. The largest absolute Gasteiger partial charge is 0.482 e. The normalized spacial score (nSPS) is 10.8. The molecule has 0 aliphatic heterocycles. The molecule has 2 aromatic rings. The van der Waals surface area contributed by atoms with Gasteiger partial charge in [0.1, 0.15) is 0 Å². The van der Waals surface area contributed by atoms with Gasteiger partial charge in [-0.15, -0.1) is 0 Å². The average molecular weight is 279 g/mol. The van der Waals surface area contributed by atoms with Crippen LogP contribution in [0.3, 0.4) is 0 Å². The van der Waals surface area contributed by atoms with Crippen LogP contribution in [0, 0.1) is 5.82 Å². The molecular weight excluding hydrogens is 261 g/mol. The molecule has 1 aromatic heterocycles. The Morgan fingerprint density at radius 2 is 2.25 bits per heavy atom. The number of ether oxygens (including phenoxy) is 1. The topological polar surface area (TPSA) is 60.2 Å². The number of nitrogens with zero attached hydrogens (tertiary/aromatic N) is 2. The second kappa shape index (κ2) is 7.00. The predicted octanol–water partition coefficient (Wildman–Crippen LogP) is 2.46. The number of aryl methyl sites for hydroxylation is 1. The Kier molecular flexibility index (Phi) is 5.06. The summed E-state index contributed by atoms with van der Waals surface area (Å²) < 4.78 is 24.2. The number of rotatable bonds is 7. The van der Waals surface area contributed by atoms with Gasteiger partial charge in [-0.1, -0.05) is 18.1 Å². The van der Waals surface area contributed by atoms with Gasteiger partial charge < -0.3 is 14.6 Å². The first-order chi connectivity index (χ1) is 9.72. The third-order valence-corrected chi connectivity index (χ3v) is 2.71. The highest BCUT2D eigenvalue weighted by atomic mass is 19.1. The Hall–Kier alpha value is -1.95. The Balaban J connectivity index is 1.95. The summed E-state index contributed by atoms with van der Waals surface area (Å²) in [5.74, 6) is 0.796. The van der Waals surface area contributed by atoms with Gasteiger partial charge in [-0.05, 0) is 31.2 Å². The summed E-state index contributed by atoms with van der Waals surface area (Å²) in [5.41, 5.74) is 0.863. The maximum absolute atomic E-state index is 13.8. The van der Waals surface area contributed by atoms with Crippen molar-refractivity contribution in [2.45, 2.75) is 32.9 Å². The minimum Gasteiger partial charge on any atom is -0.482 e. The van der Waals surface area contributed by atoms with E-state index >= 15 is 0 Å². The van der Waals surface area contributed by atoms with Crippen LogP contribution in [0.15, 0.2) is 22.7 Å². The molecule has 0 amide bonds. The fraction of sp³-hybridized carbons (Fsp3) is 0.429. The number of aromatic nitrogens is 2. The van der Waals surface area contributed by atoms with Crippen molar-refractivity contribution in [1.29, 1.82) is 0 Å². The van der Waals surface area contributed by atoms with Crippen molar-refractivity contribution in [3.63, 3.8) is 0 Å². The van der Waals surface area contributed by atoms with E-state index in [0.29, 0.717) is 18.3 Å². The molecule has 1 aromatic carbocycles. The standard InChI is InChI=1S/C14H18FN3O2/c1-3-4-14-17-13(18-20-14)9-19-12-6-5-10(8-16-2)7-11(12)15/h5-7,16H,3-4,8-9H2,1-2H3. The summed E-state index contributed by atoms with van der Waals surface area (Å²) in [5, 5.41) is 6.75. The SMILES string of the molecule is CCCc1nc(COc2ccc(CNC)cc2F)no1. The van der Waals surface area contributed by atoms with Gasteiger partial charge in [-0.3, -0.25) is 0 Å². The minimum absolute atomic E-state index is 0.0928. The Bertz CT molecular complexity index is 557. The van der Waals surface area contributed by atoms with Crippen LogP contribution in [-0.2, 0) is 19.6 Å². The summed E-state index contributed by atoms with van der Waals surface area (Å²) in [4.78, 5) is 4.16. The van der Waals surface area contributed by atoms with Crippen LogP contribution in [-0.4, -0.2) is 17.2 Å². The second-order valence-corrected chi connectivity index (χ2v) is 4.44. The number of nitrogens with one attached hydrogen (secondary N) is 1. The zero-order valence-corrected chi connectivity index (χ0v) is 11.6. The number of hydrogen-bond donors (Lipinski definition) is 1. The molecule has 108 valence electrons. The Labute approximate surface area is 117 Å². The molecule has 0 bridgehead atoms. The first-order valence-corrected chi connectivity index (χ1v) is 6.60. The molecule has 0 radical (unpaired) electrons. The van der Waals surface area contributed by atoms with Crippen LogP contribution in [0.5, 0.6) is 5.75 Å². The van der Waals surface area contributed by atoms with Gasteiger partial charge in [0.15, 0.2) is 18.2 Å². The van der Waals surface area contributed by atoms with Gasteiger partial charge in [-0.25, -0.2) is 4.39 Å². The third-order valence-electron chi connectivity index (χ3n) is 2.71. The lowest BCUT2D eigenvalue weighted by atomic mass is 10.2. The first-order valence-electron chi connectivity index (χ1n) is 6.60. The maximum Gasteiger partial charge on any atom is 0.226 e. The van der Waals surface area contributed by atoms with E-state index in [0.717, 1.165) is 18.4 Å². The number of halogens is 1. The lowest BCUT2D eigenvalue weighted by molar-refractivity contribution is 0.272. The fourth-order valence-corrected chi connectivity index (χ4v) is 1.78. The van der Waals surface area contributed by atoms with E-state index in [1.165, 1.54) is 6.07 Å². The van der Waals surface area contributed by atoms with Crippen molar-refractivity contribution in [3.8, 4) is 5.75 Å². The Morgan fingerprint density at radius 3 is 2.95 bits per heavy atom. The van der Waals surface area contributed by atoms with Crippen molar-refractivity contribution < 1.29 is 13.7 Å². The van der Waals surface area contributed by atoms with Gasteiger partial charge >= 0.3 is 0 Å². The highest BCUT2D eigenvalue weighted by Gasteiger charge is 2.09. The van der Waals surface area contributed by atoms with Crippen LogP contribution in [0.2, 0.25) is 0 Å². The average Bonchev–Trinajstić information content (AvgIpc) is 2.86. The molecule has 0 spiro atoms. The van der Waals surface area contributed by atoms with E-state index in [1.807, 2.05) is 20.0 Å². The third kappa shape index (κ3) is 3.77. The van der Waals surface area contributed by atoms with E-state index in [9.17, 15) is 4.39 Å². The fourth-order valence-electron chi connectivity index (χ4n) is 1.78. The van der Waals surface area contributed by atoms with Crippen molar-refractivity contribution in [2.75, 3.05) is 7.05 Å². The van der Waals surface area contributed by atoms with E-state index in [4.69, 9.17) is 9.26 Å². The molecule has 0 fully saturated rings. The second-order valence-electron chi connectivity index (χ2n) is 4.44. The van der Waals surface area contributed by atoms with Crippen molar-refractivity contribution in [2.24, 2.45) is 0 Å². The first kappa shape index (κ1) is 14.5. The van der Waals surface area contributed by atoms with Crippen LogP contribution in [0.4, 0.5) is 4.39 Å². The van der Waals surface area contributed by atoms with Gasteiger partial charge in [0, 0.05) is 13.0 Å². The zero-order chi connectivity index (χ0) is 14.4. The molecule has 0 atom stereocenters.